The molecule has 0 fully saturated rings. The van der Waals surface area contributed by atoms with Crippen molar-refractivity contribution in [3.63, 3.8) is 0 Å². The number of aromatic nitrogens is 2. The van der Waals surface area contributed by atoms with Crippen LogP contribution in [0, 0.1) is 0 Å². The second-order valence-corrected chi connectivity index (χ2v) is 4.46. The molecule has 1 aromatic heterocycles. The highest BCUT2D eigenvalue weighted by molar-refractivity contribution is 5.77. The molecule has 6 heteroatoms. The molecule has 0 aliphatic carbocycles. The van der Waals surface area contributed by atoms with Crippen LogP contribution < -0.4 is 15.5 Å². The van der Waals surface area contributed by atoms with Crippen LogP contribution in [0.4, 0.5) is 5.95 Å². The van der Waals surface area contributed by atoms with Gasteiger partial charge in [0, 0.05) is 34.2 Å². The standard InChI is InChI=1S/C12H23N5O/c1-5-6-14-11(18)9-13-7-10-8-15-12(16(2)3)17(10)4/h8,13H,5-7,9H2,1-4H3,(H,14,18). The van der Waals surface area contributed by atoms with E-state index in [1.165, 1.54) is 0 Å². The zero-order valence-corrected chi connectivity index (χ0v) is 11.7. The van der Waals surface area contributed by atoms with Crippen molar-refractivity contribution < 1.29 is 4.79 Å². The van der Waals surface area contributed by atoms with Crippen molar-refractivity contribution in [2.45, 2.75) is 19.9 Å². The van der Waals surface area contributed by atoms with Gasteiger partial charge in [-0.2, -0.15) is 0 Å². The van der Waals surface area contributed by atoms with Gasteiger partial charge in [0.25, 0.3) is 0 Å². The summed E-state index contributed by atoms with van der Waals surface area (Å²) < 4.78 is 2.01. The van der Waals surface area contributed by atoms with Gasteiger partial charge in [-0.15, -0.1) is 0 Å². The maximum atomic E-state index is 11.4. The first-order valence-electron chi connectivity index (χ1n) is 6.21. The molecule has 0 bridgehead atoms. The molecule has 0 spiro atoms. The van der Waals surface area contributed by atoms with Gasteiger partial charge in [-0.25, -0.2) is 4.98 Å². The molecule has 1 heterocycles. The number of rotatable bonds is 7. The van der Waals surface area contributed by atoms with E-state index in [0.29, 0.717) is 13.1 Å². The monoisotopic (exact) mass is 253 g/mol. The quantitative estimate of drug-likeness (QED) is 0.723. The maximum absolute atomic E-state index is 11.4. The number of amides is 1. The van der Waals surface area contributed by atoms with Gasteiger partial charge in [-0.05, 0) is 6.42 Å². The Bertz CT molecular complexity index is 386. The summed E-state index contributed by atoms with van der Waals surface area (Å²) in [6.45, 7) is 3.74. The molecule has 0 aliphatic heterocycles. The lowest BCUT2D eigenvalue weighted by Crippen LogP contribution is -2.34. The zero-order valence-electron chi connectivity index (χ0n) is 11.7. The molecule has 18 heavy (non-hydrogen) atoms. The molecule has 0 atom stereocenters. The van der Waals surface area contributed by atoms with Gasteiger partial charge in [0.15, 0.2) is 0 Å². The van der Waals surface area contributed by atoms with E-state index in [-0.39, 0.29) is 5.91 Å². The van der Waals surface area contributed by atoms with E-state index in [2.05, 4.69) is 15.6 Å². The fourth-order valence-electron chi connectivity index (χ4n) is 1.64. The van der Waals surface area contributed by atoms with Crippen LogP contribution in [0.25, 0.3) is 0 Å². The Morgan fingerprint density at radius 3 is 2.78 bits per heavy atom. The second-order valence-electron chi connectivity index (χ2n) is 4.46. The van der Waals surface area contributed by atoms with E-state index in [9.17, 15) is 4.79 Å². The van der Waals surface area contributed by atoms with Gasteiger partial charge in [-0.3, -0.25) is 4.79 Å². The van der Waals surface area contributed by atoms with Gasteiger partial charge < -0.3 is 20.1 Å². The average molecular weight is 253 g/mol. The fourth-order valence-corrected chi connectivity index (χ4v) is 1.64. The zero-order chi connectivity index (χ0) is 13.5. The highest BCUT2D eigenvalue weighted by Crippen LogP contribution is 2.10. The number of nitrogens with zero attached hydrogens (tertiary/aromatic N) is 3. The summed E-state index contributed by atoms with van der Waals surface area (Å²) in [6.07, 6.45) is 2.78. The first-order chi connectivity index (χ1) is 8.56. The first kappa shape index (κ1) is 14.5. The number of imidazole rings is 1. The highest BCUT2D eigenvalue weighted by atomic mass is 16.1. The van der Waals surface area contributed by atoms with Crippen molar-refractivity contribution in [2.75, 3.05) is 32.1 Å². The Morgan fingerprint density at radius 1 is 1.50 bits per heavy atom. The van der Waals surface area contributed by atoms with Crippen molar-refractivity contribution in [3.05, 3.63) is 11.9 Å². The number of hydrogen-bond donors (Lipinski definition) is 2. The van der Waals surface area contributed by atoms with Gasteiger partial charge in [0.1, 0.15) is 0 Å². The fraction of sp³-hybridized carbons (Fsp3) is 0.667. The van der Waals surface area contributed by atoms with Crippen molar-refractivity contribution >= 4 is 11.9 Å². The smallest absolute Gasteiger partial charge is 0.233 e. The van der Waals surface area contributed by atoms with E-state index >= 15 is 0 Å². The number of hydrogen-bond acceptors (Lipinski definition) is 4. The van der Waals surface area contributed by atoms with E-state index in [1.54, 1.807) is 0 Å². The van der Waals surface area contributed by atoms with Crippen LogP contribution in [0.5, 0.6) is 0 Å². The van der Waals surface area contributed by atoms with Crippen molar-refractivity contribution in [1.29, 1.82) is 0 Å². The molecular weight excluding hydrogens is 230 g/mol. The molecule has 0 saturated heterocycles. The summed E-state index contributed by atoms with van der Waals surface area (Å²) in [4.78, 5) is 17.7. The lowest BCUT2D eigenvalue weighted by atomic mass is 10.4. The lowest BCUT2D eigenvalue weighted by Gasteiger charge is -2.12. The van der Waals surface area contributed by atoms with Gasteiger partial charge in [0.2, 0.25) is 11.9 Å². The first-order valence-corrected chi connectivity index (χ1v) is 6.21. The summed E-state index contributed by atoms with van der Waals surface area (Å²) in [5.74, 6) is 0.939. The minimum Gasteiger partial charge on any atom is -0.355 e. The normalized spacial score (nSPS) is 10.4. The molecule has 1 aromatic rings. The number of carbonyl (C=O) groups is 1. The van der Waals surface area contributed by atoms with Crippen molar-refractivity contribution in [3.8, 4) is 0 Å². The molecule has 1 rings (SSSR count). The highest BCUT2D eigenvalue weighted by Gasteiger charge is 2.08. The third-order valence-electron chi connectivity index (χ3n) is 2.62. The molecule has 0 aliphatic rings. The Hall–Kier alpha value is -1.56. The number of anilines is 1. The maximum Gasteiger partial charge on any atom is 0.233 e. The predicted molar refractivity (Wildman–Crippen MR) is 72.5 cm³/mol. The third-order valence-corrected chi connectivity index (χ3v) is 2.62. The van der Waals surface area contributed by atoms with E-state index in [0.717, 1.165) is 24.6 Å². The molecule has 0 saturated carbocycles. The van der Waals surface area contributed by atoms with Crippen LogP contribution in [-0.2, 0) is 18.4 Å². The van der Waals surface area contributed by atoms with Crippen LogP contribution in [0.1, 0.15) is 19.0 Å². The summed E-state index contributed by atoms with van der Waals surface area (Å²) in [6, 6.07) is 0. The summed E-state index contributed by atoms with van der Waals surface area (Å²) in [5.41, 5.74) is 1.06. The molecule has 2 N–H and O–H groups in total. The van der Waals surface area contributed by atoms with Gasteiger partial charge in [0.05, 0.1) is 18.4 Å². The average Bonchev–Trinajstić information content (AvgIpc) is 2.68. The molecule has 6 nitrogen and oxygen atoms in total. The number of nitrogens with one attached hydrogen (secondary N) is 2. The largest absolute Gasteiger partial charge is 0.355 e. The Labute approximate surface area is 108 Å². The number of carbonyl (C=O) groups excluding carboxylic acids is 1. The predicted octanol–water partition coefficient (Wildman–Crippen LogP) is 0.102. The van der Waals surface area contributed by atoms with E-state index in [4.69, 9.17) is 0 Å². The van der Waals surface area contributed by atoms with Gasteiger partial charge in [-0.1, -0.05) is 6.92 Å². The molecule has 0 unspecified atom stereocenters. The second kappa shape index (κ2) is 7.00. The van der Waals surface area contributed by atoms with E-state index in [1.807, 2.05) is 43.7 Å². The SMILES string of the molecule is CCCNC(=O)CNCc1cnc(N(C)C)n1C. The minimum atomic E-state index is 0.0341. The van der Waals surface area contributed by atoms with Crippen molar-refractivity contribution in [1.82, 2.24) is 20.2 Å². The molecule has 1 amide bonds. The van der Waals surface area contributed by atoms with Crippen LogP contribution in [0.3, 0.4) is 0 Å². The third kappa shape index (κ3) is 4.03. The lowest BCUT2D eigenvalue weighted by molar-refractivity contribution is -0.120. The van der Waals surface area contributed by atoms with Crippen molar-refractivity contribution in [2.24, 2.45) is 7.05 Å². The van der Waals surface area contributed by atoms with Gasteiger partial charge >= 0.3 is 0 Å². The molecular formula is C12H23N5O. The summed E-state index contributed by atoms with van der Waals surface area (Å²) in [5, 5.41) is 5.94. The van der Waals surface area contributed by atoms with Crippen LogP contribution in [-0.4, -0.2) is 42.6 Å². The van der Waals surface area contributed by atoms with Crippen LogP contribution in [0.2, 0.25) is 0 Å². The summed E-state index contributed by atoms with van der Waals surface area (Å²) in [7, 11) is 5.88. The van der Waals surface area contributed by atoms with Crippen LogP contribution in [0.15, 0.2) is 6.20 Å². The van der Waals surface area contributed by atoms with E-state index < -0.39 is 0 Å². The topological polar surface area (TPSA) is 62.2 Å². The summed E-state index contributed by atoms with van der Waals surface area (Å²) >= 11 is 0. The minimum absolute atomic E-state index is 0.0341. The molecule has 0 radical (unpaired) electrons. The molecule has 0 aromatic carbocycles. The molecule has 102 valence electrons. The van der Waals surface area contributed by atoms with Crippen LogP contribution >= 0.6 is 0 Å². The Kier molecular flexibility index (Phi) is 5.64. The Balaban J connectivity index is 2.38. The Morgan fingerprint density at radius 2 is 2.22 bits per heavy atom.